The molecule has 6 heteroatoms. The monoisotopic (exact) mass is 359 g/mol. The van der Waals surface area contributed by atoms with Gasteiger partial charge in [-0.1, -0.05) is 19.8 Å². The van der Waals surface area contributed by atoms with E-state index in [2.05, 4.69) is 12.2 Å². The highest BCUT2D eigenvalue weighted by Crippen LogP contribution is 2.30. The highest BCUT2D eigenvalue weighted by Gasteiger charge is 2.27. The first-order chi connectivity index (χ1) is 12.1. The quantitative estimate of drug-likeness (QED) is 0.894. The SMILES string of the molecule is Cc1c(C(=O)N[C@H]2CCCC[C@@H]2C)sc2nc3n(c(=O)c12)CCCC3. The molecule has 0 aromatic carbocycles. The van der Waals surface area contributed by atoms with E-state index in [0.29, 0.717) is 16.2 Å². The number of fused-ring (bicyclic) bond motifs is 2. The maximum atomic E-state index is 12.9. The van der Waals surface area contributed by atoms with Gasteiger partial charge < -0.3 is 5.32 Å². The van der Waals surface area contributed by atoms with Crippen LogP contribution in [0.4, 0.5) is 0 Å². The van der Waals surface area contributed by atoms with Crippen molar-refractivity contribution in [1.29, 1.82) is 0 Å². The third-order valence-corrected chi connectivity index (χ3v) is 6.98. The van der Waals surface area contributed by atoms with Crippen molar-refractivity contribution in [2.45, 2.75) is 71.4 Å². The summed E-state index contributed by atoms with van der Waals surface area (Å²) in [5.74, 6) is 1.35. The van der Waals surface area contributed by atoms with Gasteiger partial charge in [-0.05, 0) is 44.1 Å². The van der Waals surface area contributed by atoms with Crippen LogP contribution in [0.1, 0.15) is 66.5 Å². The Kier molecular flexibility index (Phi) is 4.40. The molecule has 2 aromatic heterocycles. The fourth-order valence-corrected chi connectivity index (χ4v) is 5.31. The standard InChI is InChI=1S/C19H25N3O2S/c1-11-7-3-4-8-13(11)20-17(23)16-12(2)15-18(25-16)21-14-9-5-6-10-22(14)19(15)24/h11,13H,3-10H2,1-2H3,(H,20,23)/t11-,13-/m0/s1. The summed E-state index contributed by atoms with van der Waals surface area (Å²) in [5, 5.41) is 3.85. The Labute approximate surface area is 151 Å². The number of rotatable bonds is 2. The zero-order chi connectivity index (χ0) is 17.6. The smallest absolute Gasteiger partial charge is 0.262 e. The molecule has 1 fully saturated rings. The third-order valence-electron chi connectivity index (χ3n) is 5.80. The number of hydrogen-bond donors (Lipinski definition) is 1. The minimum Gasteiger partial charge on any atom is -0.348 e. The Morgan fingerprint density at radius 2 is 2.04 bits per heavy atom. The largest absolute Gasteiger partial charge is 0.348 e. The maximum Gasteiger partial charge on any atom is 0.262 e. The van der Waals surface area contributed by atoms with E-state index in [1.807, 2.05) is 6.92 Å². The first-order valence-corrected chi connectivity index (χ1v) is 10.2. The molecule has 2 aliphatic rings. The highest BCUT2D eigenvalue weighted by molar-refractivity contribution is 7.20. The Hall–Kier alpha value is -1.69. The van der Waals surface area contributed by atoms with Crippen LogP contribution < -0.4 is 10.9 Å². The molecule has 4 rings (SSSR count). The van der Waals surface area contributed by atoms with Crippen LogP contribution in [0.3, 0.4) is 0 Å². The summed E-state index contributed by atoms with van der Waals surface area (Å²) in [5.41, 5.74) is 0.817. The molecule has 1 aliphatic heterocycles. The maximum absolute atomic E-state index is 12.9. The van der Waals surface area contributed by atoms with E-state index in [4.69, 9.17) is 4.98 Å². The number of carbonyl (C=O) groups excluding carboxylic acids is 1. The average Bonchev–Trinajstić information content (AvgIpc) is 2.94. The zero-order valence-corrected chi connectivity index (χ0v) is 15.7. The zero-order valence-electron chi connectivity index (χ0n) is 14.9. The second-order valence-corrected chi connectivity index (χ2v) is 8.52. The summed E-state index contributed by atoms with van der Waals surface area (Å²) < 4.78 is 1.80. The molecule has 5 nitrogen and oxygen atoms in total. The second-order valence-electron chi connectivity index (χ2n) is 7.52. The van der Waals surface area contributed by atoms with Crippen molar-refractivity contribution in [3.63, 3.8) is 0 Å². The van der Waals surface area contributed by atoms with E-state index in [9.17, 15) is 9.59 Å². The molecule has 0 saturated heterocycles. The predicted molar refractivity (Wildman–Crippen MR) is 100 cm³/mol. The van der Waals surface area contributed by atoms with Crippen molar-refractivity contribution in [2.75, 3.05) is 0 Å². The van der Waals surface area contributed by atoms with Gasteiger partial charge in [0.2, 0.25) is 0 Å². The van der Waals surface area contributed by atoms with E-state index in [-0.39, 0.29) is 17.5 Å². The molecule has 0 radical (unpaired) electrons. The first kappa shape index (κ1) is 16.8. The van der Waals surface area contributed by atoms with Gasteiger partial charge in [0, 0.05) is 19.0 Å². The molecule has 0 bridgehead atoms. The molecule has 2 atom stereocenters. The predicted octanol–water partition coefficient (Wildman–Crippen LogP) is 3.41. The van der Waals surface area contributed by atoms with E-state index >= 15 is 0 Å². The minimum atomic E-state index is -0.0402. The summed E-state index contributed by atoms with van der Waals surface area (Å²) >= 11 is 1.37. The molecule has 134 valence electrons. The fourth-order valence-electron chi connectivity index (χ4n) is 4.21. The van der Waals surface area contributed by atoms with Crippen LogP contribution in [0.5, 0.6) is 0 Å². The van der Waals surface area contributed by atoms with Gasteiger partial charge in [0.15, 0.2) is 0 Å². The molecule has 0 spiro atoms. The van der Waals surface area contributed by atoms with Crippen LogP contribution in [-0.2, 0) is 13.0 Å². The van der Waals surface area contributed by atoms with Crippen LogP contribution in [-0.4, -0.2) is 21.5 Å². The summed E-state index contributed by atoms with van der Waals surface area (Å²) in [6.45, 7) is 4.84. The van der Waals surface area contributed by atoms with E-state index < -0.39 is 0 Å². The number of thiophene rings is 1. The number of carbonyl (C=O) groups is 1. The minimum absolute atomic E-state index is 0.0264. The fraction of sp³-hybridized carbons (Fsp3) is 0.632. The van der Waals surface area contributed by atoms with Crippen LogP contribution in [0.2, 0.25) is 0 Å². The number of aromatic nitrogens is 2. The van der Waals surface area contributed by atoms with Crippen molar-refractivity contribution >= 4 is 27.5 Å². The number of aryl methyl sites for hydroxylation is 2. The number of hydrogen-bond acceptors (Lipinski definition) is 4. The lowest BCUT2D eigenvalue weighted by atomic mass is 9.86. The van der Waals surface area contributed by atoms with Gasteiger partial charge in [0.05, 0.1) is 10.3 Å². The van der Waals surface area contributed by atoms with E-state index in [1.165, 1.54) is 30.6 Å². The average molecular weight is 359 g/mol. The van der Waals surface area contributed by atoms with Crippen molar-refractivity contribution in [2.24, 2.45) is 5.92 Å². The molecule has 1 N–H and O–H groups in total. The van der Waals surface area contributed by atoms with Gasteiger partial charge in [-0.25, -0.2) is 4.98 Å². The van der Waals surface area contributed by atoms with Crippen LogP contribution in [0, 0.1) is 12.8 Å². The molecular formula is C19H25N3O2S. The number of nitrogens with one attached hydrogen (secondary N) is 1. The summed E-state index contributed by atoms with van der Waals surface area (Å²) in [6.07, 6.45) is 7.60. The van der Waals surface area contributed by atoms with Crippen molar-refractivity contribution in [3.8, 4) is 0 Å². The van der Waals surface area contributed by atoms with Gasteiger partial charge in [0.1, 0.15) is 10.7 Å². The van der Waals surface area contributed by atoms with Gasteiger partial charge in [-0.2, -0.15) is 0 Å². The third kappa shape index (κ3) is 2.90. The van der Waals surface area contributed by atoms with Crippen molar-refractivity contribution in [3.05, 3.63) is 26.6 Å². The molecular weight excluding hydrogens is 334 g/mol. The lowest BCUT2D eigenvalue weighted by Crippen LogP contribution is -2.41. The lowest BCUT2D eigenvalue weighted by Gasteiger charge is -2.29. The van der Waals surface area contributed by atoms with E-state index in [0.717, 1.165) is 48.4 Å². The first-order valence-electron chi connectivity index (χ1n) is 9.40. The lowest BCUT2D eigenvalue weighted by molar-refractivity contribution is 0.0914. The Bertz CT molecular complexity index is 883. The molecule has 1 aliphatic carbocycles. The van der Waals surface area contributed by atoms with Crippen LogP contribution in [0.15, 0.2) is 4.79 Å². The van der Waals surface area contributed by atoms with Gasteiger partial charge >= 0.3 is 0 Å². The van der Waals surface area contributed by atoms with Gasteiger partial charge in [0.25, 0.3) is 11.5 Å². The normalized spacial score (nSPS) is 23.4. The van der Waals surface area contributed by atoms with Gasteiger partial charge in [-0.15, -0.1) is 11.3 Å². The van der Waals surface area contributed by atoms with E-state index in [1.54, 1.807) is 4.57 Å². The van der Waals surface area contributed by atoms with Crippen LogP contribution in [0.25, 0.3) is 10.2 Å². The molecule has 0 unspecified atom stereocenters. The van der Waals surface area contributed by atoms with Gasteiger partial charge in [-0.3, -0.25) is 14.2 Å². The topological polar surface area (TPSA) is 64.0 Å². The summed E-state index contributed by atoms with van der Waals surface area (Å²) in [7, 11) is 0. The Morgan fingerprint density at radius 3 is 2.84 bits per heavy atom. The van der Waals surface area contributed by atoms with Crippen molar-refractivity contribution < 1.29 is 4.79 Å². The Morgan fingerprint density at radius 1 is 1.24 bits per heavy atom. The highest BCUT2D eigenvalue weighted by atomic mass is 32.1. The number of amides is 1. The van der Waals surface area contributed by atoms with Crippen molar-refractivity contribution in [1.82, 2.24) is 14.9 Å². The molecule has 25 heavy (non-hydrogen) atoms. The summed E-state index contributed by atoms with van der Waals surface area (Å²) in [6, 6.07) is 0.244. The van der Waals surface area contributed by atoms with Crippen LogP contribution >= 0.6 is 11.3 Å². The molecule has 3 heterocycles. The summed E-state index contributed by atoms with van der Waals surface area (Å²) in [4.78, 5) is 31.8. The molecule has 1 amide bonds. The Balaban J connectivity index is 1.70. The number of nitrogens with zero attached hydrogens (tertiary/aromatic N) is 2. The molecule has 1 saturated carbocycles. The second kappa shape index (κ2) is 6.56. The molecule has 2 aromatic rings.